The van der Waals surface area contributed by atoms with E-state index in [1.54, 1.807) is 0 Å². The Morgan fingerprint density at radius 1 is 1.37 bits per heavy atom. The van der Waals surface area contributed by atoms with Gasteiger partial charge in [0, 0.05) is 13.1 Å². The summed E-state index contributed by atoms with van der Waals surface area (Å²) in [6, 6.07) is 0. The lowest BCUT2D eigenvalue weighted by Crippen LogP contribution is -2.44. The molecule has 19 heavy (non-hydrogen) atoms. The minimum absolute atomic E-state index is 0.192. The molecule has 4 nitrogen and oxygen atoms in total. The van der Waals surface area contributed by atoms with E-state index in [0.717, 1.165) is 25.9 Å². The lowest BCUT2D eigenvalue weighted by atomic mass is 9.97. The van der Waals surface area contributed by atoms with Gasteiger partial charge in [-0.3, -0.25) is 10.1 Å². The first kappa shape index (κ1) is 13.4. The number of amides is 1. The number of nitrogens with zero attached hydrogens (tertiary/aromatic N) is 2. The van der Waals surface area contributed by atoms with Gasteiger partial charge in [0.15, 0.2) is 0 Å². The van der Waals surface area contributed by atoms with E-state index in [1.807, 2.05) is 0 Å². The average Bonchev–Trinajstić information content (AvgIpc) is 3.08. The molecule has 0 aromatic heterocycles. The highest BCUT2D eigenvalue weighted by molar-refractivity contribution is 5.89. The summed E-state index contributed by atoms with van der Waals surface area (Å²) in [5, 5.41) is 3.59. The molecule has 0 aromatic rings. The molecule has 3 aliphatic rings. The Kier molecular flexibility index (Phi) is 3.56. The summed E-state index contributed by atoms with van der Waals surface area (Å²) in [6.07, 6.45) is 5.95. The molecule has 3 rings (SSSR count). The largest absolute Gasteiger partial charge is 0.325 e. The fourth-order valence-electron chi connectivity index (χ4n) is 4.20. The maximum atomic E-state index is 12.7. The van der Waals surface area contributed by atoms with E-state index in [9.17, 15) is 4.79 Å². The molecule has 1 N–H and O–H groups in total. The number of rotatable bonds is 3. The first-order valence-electron chi connectivity index (χ1n) is 7.96. The Balaban J connectivity index is 1.63. The summed E-state index contributed by atoms with van der Waals surface area (Å²) in [6.45, 7) is 8.84. The lowest BCUT2D eigenvalue weighted by Gasteiger charge is -2.25. The van der Waals surface area contributed by atoms with Crippen molar-refractivity contribution in [1.82, 2.24) is 15.1 Å². The van der Waals surface area contributed by atoms with Crippen LogP contribution in [0.5, 0.6) is 0 Å². The van der Waals surface area contributed by atoms with Crippen LogP contribution < -0.4 is 5.32 Å². The standard InChI is InChI=1S/C15H27N3O/c1-3-17-9-6-13(10-17)11-18-12(2)16-15(14(18)19)7-4-5-8-15/h12-13,16H,3-11H2,1-2H3. The van der Waals surface area contributed by atoms with Gasteiger partial charge in [0.25, 0.3) is 0 Å². The summed E-state index contributed by atoms with van der Waals surface area (Å²) in [7, 11) is 0. The van der Waals surface area contributed by atoms with Gasteiger partial charge in [0.05, 0.1) is 11.7 Å². The van der Waals surface area contributed by atoms with Gasteiger partial charge in [-0.05, 0) is 45.2 Å². The highest BCUT2D eigenvalue weighted by atomic mass is 16.2. The van der Waals surface area contributed by atoms with Gasteiger partial charge in [-0.25, -0.2) is 0 Å². The number of carbonyl (C=O) groups excluding carboxylic acids is 1. The van der Waals surface area contributed by atoms with E-state index >= 15 is 0 Å². The summed E-state index contributed by atoms with van der Waals surface area (Å²) < 4.78 is 0. The van der Waals surface area contributed by atoms with Gasteiger partial charge in [-0.2, -0.15) is 0 Å². The van der Waals surface area contributed by atoms with Crippen LogP contribution in [0.1, 0.15) is 46.0 Å². The third kappa shape index (κ3) is 2.29. The van der Waals surface area contributed by atoms with Crippen molar-refractivity contribution in [3.63, 3.8) is 0 Å². The normalized spacial score (nSPS) is 34.8. The van der Waals surface area contributed by atoms with Crippen molar-refractivity contribution in [3.05, 3.63) is 0 Å². The quantitative estimate of drug-likeness (QED) is 0.838. The van der Waals surface area contributed by atoms with E-state index in [1.165, 1.54) is 32.4 Å². The fraction of sp³-hybridized carbons (Fsp3) is 0.933. The molecular formula is C15H27N3O. The third-order valence-corrected chi connectivity index (χ3v) is 5.35. The van der Waals surface area contributed by atoms with Crippen LogP contribution in [0.15, 0.2) is 0 Å². The smallest absolute Gasteiger partial charge is 0.244 e. The topological polar surface area (TPSA) is 35.6 Å². The zero-order valence-corrected chi connectivity index (χ0v) is 12.3. The molecule has 1 saturated carbocycles. The van der Waals surface area contributed by atoms with Crippen molar-refractivity contribution in [2.75, 3.05) is 26.2 Å². The molecule has 3 fully saturated rings. The molecule has 2 aliphatic heterocycles. The average molecular weight is 265 g/mol. The molecule has 0 bridgehead atoms. The third-order valence-electron chi connectivity index (χ3n) is 5.35. The summed E-state index contributed by atoms with van der Waals surface area (Å²) in [5.74, 6) is 1.05. The maximum absolute atomic E-state index is 12.7. The van der Waals surface area contributed by atoms with Crippen molar-refractivity contribution < 1.29 is 4.79 Å². The van der Waals surface area contributed by atoms with Crippen LogP contribution in [-0.4, -0.2) is 53.6 Å². The molecule has 0 radical (unpaired) electrons. The van der Waals surface area contributed by atoms with Crippen LogP contribution >= 0.6 is 0 Å². The Morgan fingerprint density at radius 3 is 2.74 bits per heavy atom. The van der Waals surface area contributed by atoms with E-state index in [-0.39, 0.29) is 11.7 Å². The SMILES string of the molecule is CCN1CCC(CN2C(=O)C3(CCCC3)NC2C)C1. The molecule has 0 aromatic carbocycles. The van der Waals surface area contributed by atoms with E-state index in [2.05, 4.69) is 29.0 Å². The van der Waals surface area contributed by atoms with Gasteiger partial charge in [-0.1, -0.05) is 19.8 Å². The Morgan fingerprint density at radius 2 is 2.11 bits per heavy atom. The first-order chi connectivity index (χ1) is 9.14. The first-order valence-corrected chi connectivity index (χ1v) is 7.96. The maximum Gasteiger partial charge on any atom is 0.244 e. The van der Waals surface area contributed by atoms with Gasteiger partial charge >= 0.3 is 0 Å². The molecule has 2 atom stereocenters. The molecule has 108 valence electrons. The second-order valence-corrected chi connectivity index (χ2v) is 6.61. The molecule has 1 spiro atoms. The molecular weight excluding hydrogens is 238 g/mol. The van der Waals surface area contributed by atoms with Gasteiger partial charge in [0.1, 0.15) is 0 Å². The van der Waals surface area contributed by atoms with Crippen molar-refractivity contribution in [2.45, 2.75) is 57.7 Å². The van der Waals surface area contributed by atoms with Crippen LogP contribution in [0.3, 0.4) is 0 Å². The van der Waals surface area contributed by atoms with Gasteiger partial charge < -0.3 is 9.80 Å². The van der Waals surface area contributed by atoms with Crippen LogP contribution in [0.4, 0.5) is 0 Å². The highest BCUT2D eigenvalue weighted by Gasteiger charge is 2.51. The Labute approximate surface area is 116 Å². The van der Waals surface area contributed by atoms with Crippen LogP contribution in [0.25, 0.3) is 0 Å². The number of hydrogen-bond donors (Lipinski definition) is 1. The van der Waals surface area contributed by atoms with Crippen molar-refractivity contribution in [2.24, 2.45) is 5.92 Å². The van der Waals surface area contributed by atoms with Crippen LogP contribution in [0, 0.1) is 5.92 Å². The second-order valence-electron chi connectivity index (χ2n) is 6.61. The second kappa shape index (κ2) is 5.06. The molecule has 2 unspecified atom stereocenters. The summed E-state index contributed by atoms with van der Waals surface area (Å²) in [4.78, 5) is 17.3. The Hall–Kier alpha value is -0.610. The van der Waals surface area contributed by atoms with Gasteiger partial charge in [-0.15, -0.1) is 0 Å². The molecule has 1 aliphatic carbocycles. The molecule has 1 amide bonds. The number of likely N-dealkylation sites (tertiary alicyclic amines) is 1. The zero-order valence-electron chi connectivity index (χ0n) is 12.3. The highest BCUT2D eigenvalue weighted by Crippen LogP contribution is 2.36. The predicted molar refractivity (Wildman–Crippen MR) is 75.7 cm³/mol. The molecule has 2 heterocycles. The van der Waals surface area contributed by atoms with Crippen molar-refractivity contribution in [3.8, 4) is 0 Å². The summed E-state index contributed by atoms with van der Waals surface area (Å²) in [5.41, 5.74) is -0.192. The number of hydrogen-bond acceptors (Lipinski definition) is 3. The van der Waals surface area contributed by atoms with E-state index in [4.69, 9.17) is 0 Å². The minimum Gasteiger partial charge on any atom is -0.325 e. The van der Waals surface area contributed by atoms with Gasteiger partial charge in [0.2, 0.25) is 5.91 Å². The summed E-state index contributed by atoms with van der Waals surface area (Å²) >= 11 is 0. The van der Waals surface area contributed by atoms with E-state index < -0.39 is 0 Å². The Bertz CT molecular complexity index is 351. The number of carbonyl (C=O) groups is 1. The fourth-order valence-corrected chi connectivity index (χ4v) is 4.20. The van der Waals surface area contributed by atoms with Crippen LogP contribution in [0.2, 0.25) is 0 Å². The molecule has 4 heteroatoms. The zero-order chi connectivity index (χ0) is 13.5. The van der Waals surface area contributed by atoms with Crippen LogP contribution in [-0.2, 0) is 4.79 Å². The number of nitrogens with one attached hydrogen (secondary N) is 1. The lowest BCUT2D eigenvalue weighted by molar-refractivity contribution is -0.133. The predicted octanol–water partition coefficient (Wildman–Crippen LogP) is 1.42. The van der Waals surface area contributed by atoms with Crippen molar-refractivity contribution in [1.29, 1.82) is 0 Å². The van der Waals surface area contributed by atoms with Crippen molar-refractivity contribution >= 4 is 5.91 Å². The monoisotopic (exact) mass is 265 g/mol. The van der Waals surface area contributed by atoms with E-state index in [0.29, 0.717) is 11.8 Å². The molecule has 2 saturated heterocycles. The minimum atomic E-state index is -0.192.